The van der Waals surface area contributed by atoms with Gasteiger partial charge in [-0.1, -0.05) is 0 Å². The van der Waals surface area contributed by atoms with Gasteiger partial charge >= 0.3 is 0 Å². The summed E-state index contributed by atoms with van der Waals surface area (Å²) < 4.78 is 0. The summed E-state index contributed by atoms with van der Waals surface area (Å²) >= 11 is 1.30. The largest absolute Gasteiger partial charge is 0.245 e. The third kappa shape index (κ3) is 2.35. The first-order chi connectivity index (χ1) is 7.79. The molecule has 5 heteroatoms. The lowest BCUT2D eigenvalue weighted by Gasteiger charge is -2.02. The fourth-order valence-corrected chi connectivity index (χ4v) is 1.93. The Balaban J connectivity index is 2.35. The summed E-state index contributed by atoms with van der Waals surface area (Å²) in [6.45, 7) is 1.89. The van der Waals surface area contributed by atoms with Crippen LogP contribution in [-0.4, -0.2) is 15.0 Å². The van der Waals surface area contributed by atoms with Crippen LogP contribution in [0.5, 0.6) is 0 Å². The first-order valence-electron chi connectivity index (χ1n) is 4.62. The highest BCUT2D eigenvalue weighted by atomic mass is 32.2. The molecule has 16 heavy (non-hydrogen) atoms. The number of nitriles is 1. The molecule has 2 heterocycles. The standard InChI is InChI=1S/C11H8N4S/c1-8-3-4-9(7-12)10(15-8)16-11-13-5-2-6-14-11/h2-6H,1H3. The molecule has 0 spiro atoms. The van der Waals surface area contributed by atoms with Gasteiger partial charge in [-0.05, 0) is 36.9 Å². The van der Waals surface area contributed by atoms with E-state index in [1.54, 1.807) is 24.5 Å². The van der Waals surface area contributed by atoms with Crippen LogP contribution in [0.2, 0.25) is 0 Å². The highest BCUT2D eigenvalue weighted by Crippen LogP contribution is 2.25. The second-order valence-electron chi connectivity index (χ2n) is 3.05. The van der Waals surface area contributed by atoms with Crippen LogP contribution in [0.1, 0.15) is 11.3 Å². The Bertz CT molecular complexity index is 533. The summed E-state index contributed by atoms with van der Waals surface area (Å²) in [4.78, 5) is 12.5. The maximum Gasteiger partial charge on any atom is 0.193 e. The number of rotatable bonds is 2. The Morgan fingerprint density at radius 2 is 2.00 bits per heavy atom. The van der Waals surface area contributed by atoms with Gasteiger partial charge in [0.15, 0.2) is 5.16 Å². The molecule has 0 radical (unpaired) electrons. The molecule has 0 N–H and O–H groups in total. The van der Waals surface area contributed by atoms with Gasteiger partial charge in [0, 0.05) is 18.1 Å². The fraction of sp³-hybridized carbons (Fsp3) is 0.0909. The molecule has 0 aliphatic heterocycles. The lowest BCUT2D eigenvalue weighted by atomic mass is 10.3. The van der Waals surface area contributed by atoms with Gasteiger partial charge in [-0.3, -0.25) is 0 Å². The zero-order valence-corrected chi connectivity index (χ0v) is 9.40. The molecule has 0 saturated heterocycles. The summed E-state index contributed by atoms with van der Waals surface area (Å²) in [5, 5.41) is 10.2. The number of pyridine rings is 1. The van der Waals surface area contributed by atoms with Gasteiger partial charge in [0.1, 0.15) is 11.1 Å². The third-order valence-corrected chi connectivity index (χ3v) is 2.75. The van der Waals surface area contributed by atoms with E-state index in [4.69, 9.17) is 5.26 Å². The maximum atomic E-state index is 8.94. The average molecular weight is 228 g/mol. The fourth-order valence-electron chi connectivity index (χ4n) is 1.12. The van der Waals surface area contributed by atoms with Gasteiger partial charge in [0.25, 0.3) is 0 Å². The van der Waals surface area contributed by atoms with E-state index in [1.807, 2.05) is 13.0 Å². The number of hydrogen-bond acceptors (Lipinski definition) is 5. The number of hydrogen-bond donors (Lipinski definition) is 0. The van der Waals surface area contributed by atoms with Gasteiger partial charge in [0.05, 0.1) is 5.56 Å². The Morgan fingerprint density at radius 3 is 2.69 bits per heavy atom. The molecule has 0 bridgehead atoms. The quantitative estimate of drug-likeness (QED) is 0.737. The minimum Gasteiger partial charge on any atom is -0.245 e. The summed E-state index contributed by atoms with van der Waals surface area (Å²) in [5.41, 5.74) is 1.42. The SMILES string of the molecule is Cc1ccc(C#N)c(Sc2ncccn2)n1. The van der Waals surface area contributed by atoms with Crippen molar-refractivity contribution in [1.29, 1.82) is 5.26 Å². The number of nitrogens with zero attached hydrogens (tertiary/aromatic N) is 4. The molecule has 0 aliphatic carbocycles. The molecule has 0 fully saturated rings. The molecule has 0 aliphatic rings. The second kappa shape index (κ2) is 4.73. The van der Waals surface area contributed by atoms with E-state index in [9.17, 15) is 0 Å². The van der Waals surface area contributed by atoms with Crippen molar-refractivity contribution in [2.45, 2.75) is 17.1 Å². The van der Waals surface area contributed by atoms with E-state index in [-0.39, 0.29) is 0 Å². The zero-order chi connectivity index (χ0) is 11.4. The molecule has 2 aromatic heterocycles. The van der Waals surface area contributed by atoms with Gasteiger partial charge in [-0.2, -0.15) is 5.26 Å². The van der Waals surface area contributed by atoms with Gasteiger partial charge in [0.2, 0.25) is 0 Å². The van der Waals surface area contributed by atoms with Crippen LogP contribution in [0, 0.1) is 18.3 Å². The lowest BCUT2D eigenvalue weighted by Crippen LogP contribution is -1.91. The van der Waals surface area contributed by atoms with Crippen LogP contribution in [0.4, 0.5) is 0 Å². The van der Waals surface area contributed by atoms with Crippen molar-refractivity contribution in [3.8, 4) is 6.07 Å². The predicted octanol–water partition coefficient (Wildman–Crippen LogP) is 2.20. The van der Waals surface area contributed by atoms with E-state index in [0.29, 0.717) is 15.7 Å². The molecule has 78 valence electrons. The van der Waals surface area contributed by atoms with Crippen molar-refractivity contribution in [3.63, 3.8) is 0 Å². The molecule has 2 aromatic rings. The van der Waals surface area contributed by atoms with Crippen LogP contribution in [0.15, 0.2) is 40.8 Å². The topological polar surface area (TPSA) is 62.5 Å². The maximum absolute atomic E-state index is 8.94. The molecular formula is C11H8N4S. The third-order valence-electron chi connectivity index (χ3n) is 1.85. The summed E-state index contributed by atoms with van der Waals surface area (Å²) in [5.74, 6) is 0. The molecule has 0 amide bonds. The molecule has 0 unspecified atom stereocenters. The van der Waals surface area contributed by atoms with Gasteiger partial charge in [-0.25, -0.2) is 15.0 Å². The van der Waals surface area contributed by atoms with E-state index in [0.717, 1.165) is 5.69 Å². The highest BCUT2D eigenvalue weighted by molar-refractivity contribution is 7.99. The van der Waals surface area contributed by atoms with Crippen LogP contribution in [-0.2, 0) is 0 Å². The summed E-state index contributed by atoms with van der Waals surface area (Å²) in [6, 6.07) is 7.42. The molecule has 0 atom stereocenters. The average Bonchev–Trinajstić information content (AvgIpc) is 2.31. The first-order valence-corrected chi connectivity index (χ1v) is 5.44. The molecule has 0 saturated carbocycles. The summed E-state index contributed by atoms with van der Waals surface area (Å²) in [6.07, 6.45) is 3.33. The second-order valence-corrected chi connectivity index (χ2v) is 4.01. The zero-order valence-electron chi connectivity index (χ0n) is 8.58. The van der Waals surface area contributed by atoms with Gasteiger partial charge in [-0.15, -0.1) is 0 Å². The lowest BCUT2D eigenvalue weighted by molar-refractivity contribution is 0.954. The normalized spacial score (nSPS) is 9.75. The number of aryl methyl sites for hydroxylation is 1. The molecule has 0 aromatic carbocycles. The van der Waals surface area contributed by atoms with E-state index in [2.05, 4.69) is 21.0 Å². The van der Waals surface area contributed by atoms with Crippen molar-refractivity contribution in [2.24, 2.45) is 0 Å². The van der Waals surface area contributed by atoms with Crippen molar-refractivity contribution < 1.29 is 0 Å². The van der Waals surface area contributed by atoms with E-state index < -0.39 is 0 Å². The van der Waals surface area contributed by atoms with E-state index >= 15 is 0 Å². The van der Waals surface area contributed by atoms with Crippen LogP contribution in [0.3, 0.4) is 0 Å². The molecule has 4 nitrogen and oxygen atoms in total. The highest BCUT2D eigenvalue weighted by Gasteiger charge is 2.07. The van der Waals surface area contributed by atoms with Crippen LogP contribution >= 0.6 is 11.8 Å². The minimum absolute atomic E-state index is 0.544. The summed E-state index contributed by atoms with van der Waals surface area (Å²) in [7, 11) is 0. The van der Waals surface area contributed by atoms with Crippen molar-refractivity contribution in [2.75, 3.05) is 0 Å². The Kier molecular flexibility index (Phi) is 3.13. The van der Waals surface area contributed by atoms with Gasteiger partial charge < -0.3 is 0 Å². The predicted molar refractivity (Wildman–Crippen MR) is 59.8 cm³/mol. The monoisotopic (exact) mass is 228 g/mol. The Labute approximate surface area is 97.4 Å². The first kappa shape index (κ1) is 10.6. The number of aromatic nitrogens is 3. The molecular weight excluding hydrogens is 220 g/mol. The molecule has 2 rings (SSSR count). The van der Waals surface area contributed by atoms with Crippen molar-refractivity contribution >= 4 is 11.8 Å². The Morgan fingerprint density at radius 1 is 1.25 bits per heavy atom. The van der Waals surface area contributed by atoms with Crippen LogP contribution in [0.25, 0.3) is 0 Å². The van der Waals surface area contributed by atoms with Crippen LogP contribution < -0.4 is 0 Å². The minimum atomic E-state index is 0.544. The van der Waals surface area contributed by atoms with E-state index in [1.165, 1.54) is 11.8 Å². The smallest absolute Gasteiger partial charge is 0.193 e. The van der Waals surface area contributed by atoms with Crippen molar-refractivity contribution in [1.82, 2.24) is 15.0 Å². The Hall–Kier alpha value is -1.93. The van der Waals surface area contributed by atoms with Crippen molar-refractivity contribution in [3.05, 3.63) is 41.9 Å².